The maximum Gasteiger partial charge on any atom is 0.451 e. The Hall–Kier alpha value is -1.58. The third-order valence-electron chi connectivity index (χ3n) is 3.14. The van der Waals surface area contributed by atoms with E-state index in [1.165, 1.54) is 13.1 Å². The molecule has 6 nitrogen and oxygen atoms in total. The highest BCUT2D eigenvalue weighted by Crippen LogP contribution is 2.28. The van der Waals surface area contributed by atoms with Crippen LogP contribution in [0.5, 0.6) is 0 Å². The molecule has 0 spiro atoms. The van der Waals surface area contributed by atoms with Gasteiger partial charge in [0.2, 0.25) is 5.82 Å². The van der Waals surface area contributed by atoms with Crippen molar-refractivity contribution in [2.45, 2.75) is 25.1 Å². The van der Waals surface area contributed by atoms with E-state index in [1.807, 2.05) is 0 Å². The summed E-state index contributed by atoms with van der Waals surface area (Å²) in [6, 6.07) is 1.15. The number of aromatic nitrogens is 2. The second-order valence-electron chi connectivity index (χ2n) is 4.78. The number of anilines is 2. The van der Waals surface area contributed by atoms with Gasteiger partial charge in [-0.1, -0.05) is 0 Å². The lowest BCUT2D eigenvalue weighted by Crippen LogP contribution is -2.32. The van der Waals surface area contributed by atoms with Crippen LogP contribution in [0.2, 0.25) is 0 Å². The summed E-state index contributed by atoms with van der Waals surface area (Å²) in [4.78, 5) is 6.80. The number of rotatable bonds is 3. The van der Waals surface area contributed by atoms with Gasteiger partial charge in [-0.05, 0) is 12.8 Å². The van der Waals surface area contributed by atoms with Gasteiger partial charge in [-0.3, -0.25) is 0 Å². The second-order valence-corrected chi connectivity index (χ2v) is 7.08. The molecule has 0 aromatic carbocycles. The van der Waals surface area contributed by atoms with Gasteiger partial charge in [0.1, 0.15) is 21.5 Å². The predicted molar refractivity (Wildman–Crippen MR) is 71.9 cm³/mol. The van der Waals surface area contributed by atoms with Crippen LogP contribution in [0.3, 0.4) is 0 Å². The van der Waals surface area contributed by atoms with Crippen LogP contribution in [0.4, 0.5) is 24.8 Å². The van der Waals surface area contributed by atoms with E-state index in [9.17, 15) is 21.6 Å². The molecule has 0 bridgehead atoms. The van der Waals surface area contributed by atoms with E-state index >= 15 is 0 Å². The zero-order chi connectivity index (χ0) is 15.7. The summed E-state index contributed by atoms with van der Waals surface area (Å²) in [6.45, 7) is 0. The number of nitrogens with zero attached hydrogens (tertiary/aromatic N) is 2. The van der Waals surface area contributed by atoms with Crippen LogP contribution in [-0.2, 0) is 16.0 Å². The molecule has 10 heteroatoms. The van der Waals surface area contributed by atoms with Crippen LogP contribution >= 0.6 is 0 Å². The molecule has 0 saturated carbocycles. The highest BCUT2D eigenvalue weighted by molar-refractivity contribution is 7.91. The second kappa shape index (κ2) is 5.66. The topological polar surface area (TPSA) is 84.0 Å². The van der Waals surface area contributed by atoms with Gasteiger partial charge in [0, 0.05) is 19.2 Å². The first-order chi connectivity index (χ1) is 9.69. The van der Waals surface area contributed by atoms with E-state index in [2.05, 4.69) is 20.6 Å². The monoisotopic (exact) mass is 324 g/mol. The average molecular weight is 324 g/mol. The Morgan fingerprint density at radius 2 is 1.76 bits per heavy atom. The van der Waals surface area contributed by atoms with Gasteiger partial charge in [0.25, 0.3) is 0 Å². The number of alkyl halides is 3. The summed E-state index contributed by atoms with van der Waals surface area (Å²) in [6.07, 6.45) is -3.94. The van der Waals surface area contributed by atoms with Crippen molar-refractivity contribution in [2.75, 3.05) is 29.2 Å². The molecule has 1 aromatic heterocycles. The Balaban J connectivity index is 2.16. The molecular weight excluding hydrogens is 309 g/mol. The van der Waals surface area contributed by atoms with Crippen molar-refractivity contribution in [2.24, 2.45) is 0 Å². The van der Waals surface area contributed by atoms with E-state index in [-0.39, 0.29) is 29.2 Å². The molecule has 0 radical (unpaired) electrons. The smallest absolute Gasteiger partial charge is 0.373 e. The van der Waals surface area contributed by atoms with Gasteiger partial charge in [0.15, 0.2) is 0 Å². The molecule has 2 heterocycles. The Kier molecular flexibility index (Phi) is 4.26. The van der Waals surface area contributed by atoms with Gasteiger partial charge < -0.3 is 10.6 Å². The molecule has 1 aliphatic heterocycles. The molecule has 118 valence electrons. The van der Waals surface area contributed by atoms with E-state index in [0.29, 0.717) is 12.8 Å². The van der Waals surface area contributed by atoms with Gasteiger partial charge in [-0.2, -0.15) is 13.2 Å². The van der Waals surface area contributed by atoms with E-state index in [4.69, 9.17) is 0 Å². The van der Waals surface area contributed by atoms with Crippen molar-refractivity contribution < 1.29 is 21.6 Å². The van der Waals surface area contributed by atoms with Gasteiger partial charge >= 0.3 is 6.18 Å². The van der Waals surface area contributed by atoms with Crippen molar-refractivity contribution in [3.63, 3.8) is 0 Å². The summed E-state index contributed by atoms with van der Waals surface area (Å²) >= 11 is 0. The third kappa shape index (κ3) is 4.19. The van der Waals surface area contributed by atoms with Gasteiger partial charge in [0.05, 0.1) is 11.5 Å². The minimum absolute atomic E-state index is 0.0285. The number of halogens is 3. The summed E-state index contributed by atoms with van der Waals surface area (Å²) < 4.78 is 60.8. The Morgan fingerprint density at radius 1 is 1.19 bits per heavy atom. The molecule has 0 atom stereocenters. The van der Waals surface area contributed by atoms with E-state index in [0.717, 1.165) is 0 Å². The first-order valence-corrected chi connectivity index (χ1v) is 8.13. The fraction of sp³-hybridized carbons (Fsp3) is 0.636. The molecule has 1 saturated heterocycles. The lowest BCUT2D eigenvalue weighted by atomic mass is 10.1. The maximum atomic E-state index is 12.7. The van der Waals surface area contributed by atoms with Crippen LogP contribution in [0.15, 0.2) is 6.07 Å². The van der Waals surface area contributed by atoms with E-state index in [1.54, 1.807) is 0 Å². The Morgan fingerprint density at radius 3 is 2.29 bits per heavy atom. The van der Waals surface area contributed by atoms with Crippen molar-refractivity contribution in [3.8, 4) is 0 Å². The molecular formula is C11H15F3N4O2S. The first-order valence-electron chi connectivity index (χ1n) is 6.30. The van der Waals surface area contributed by atoms with Crippen LogP contribution in [0, 0.1) is 0 Å². The summed E-state index contributed by atoms with van der Waals surface area (Å²) in [5, 5.41) is 5.39. The molecule has 1 fully saturated rings. The summed E-state index contributed by atoms with van der Waals surface area (Å²) in [5.41, 5.74) is 0. The Bertz CT molecular complexity index is 604. The van der Waals surface area contributed by atoms with Gasteiger partial charge in [-0.15, -0.1) is 0 Å². The fourth-order valence-electron chi connectivity index (χ4n) is 2.02. The minimum atomic E-state index is -4.64. The summed E-state index contributed by atoms with van der Waals surface area (Å²) in [7, 11) is -1.56. The SMILES string of the molecule is CNc1cc(NC2CCS(=O)(=O)CC2)nc(C(F)(F)F)n1. The number of nitrogens with one attached hydrogen (secondary N) is 2. The molecule has 2 rings (SSSR count). The zero-order valence-electron chi connectivity index (χ0n) is 11.2. The quantitative estimate of drug-likeness (QED) is 0.877. The predicted octanol–water partition coefficient (Wildman–Crippen LogP) is 1.53. The van der Waals surface area contributed by atoms with Crippen molar-refractivity contribution in [1.29, 1.82) is 0 Å². The first kappa shape index (κ1) is 15.8. The van der Waals surface area contributed by atoms with Crippen molar-refractivity contribution >= 4 is 21.5 Å². The van der Waals surface area contributed by atoms with Crippen LogP contribution in [0.25, 0.3) is 0 Å². The average Bonchev–Trinajstić information content (AvgIpc) is 2.40. The molecule has 0 unspecified atom stereocenters. The molecule has 1 aromatic rings. The minimum Gasteiger partial charge on any atom is -0.373 e. The molecule has 2 N–H and O–H groups in total. The van der Waals surface area contributed by atoms with Crippen LogP contribution in [-0.4, -0.2) is 43.0 Å². The number of sulfone groups is 1. The van der Waals surface area contributed by atoms with Crippen LogP contribution in [0.1, 0.15) is 18.7 Å². The molecule has 0 aliphatic carbocycles. The van der Waals surface area contributed by atoms with E-state index < -0.39 is 21.8 Å². The maximum absolute atomic E-state index is 12.7. The zero-order valence-corrected chi connectivity index (χ0v) is 12.1. The highest BCUT2D eigenvalue weighted by Gasteiger charge is 2.35. The lowest BCUT2D eigenvalue weighted by Gasteiger charge is -2.24. The van der Waals surface area contributed by atoms with Crippen molar-refractivity contribution in [3.05, 3.63) is 11.9 Å². The normalized spacial score (nSPS) is 19.2. The standard InChI is InChI=1S/C11H15F3N4O2S/c1-15-8-6-9(18-10(17-8)11(12,13)14)16-7-2-4-21(19,20)5-3-7/h6-7H,2-5H2,1H3,(H2,15,16,17,18). The summed E-state index contributed by atoms with van der Waals surface area (Å²) in [5.74, 6) is -1.10. The molecule has 21 heavy (non-hydrogen) atoms. The molecule has 0 amide bonds. The molecule has 1 aliphatic rings. The van der Waals surface area contributed by atoms with Crippen molar-refractivity contribution in [1.82, 2.24) is 9.97 Å². The fourth-order valence-corrected chi connectivity index (χ4v) is 3.51. The van der Waals surface area contributed by atoms with Crippen LogP contribution < -0.4 is 10.6 Å². The number of hydrogen-bond donors (Lipinski definition) is 2. The highest BCUT2D eigenvalue weighted by atomic mass is 32.2. The number of hydrogen-bond acceptors (Lipinski definition) is 6. The third-order valence-corrected chi connectivity index (χ3v) is 4.86. The largest absolute Gasteiger partial charge is 0.451 e. The van der Waals surface area contributed by atoms with Gasteiger partial charge in [-0.25, -0.2) is 18.4 Å². The Labute approximate surface area is 120 Å². The lowest BCUT2D eigenvalue weighted by molar-refractivity contribution is -0.144.